The molecule has 2 aliphatic heterocycles. The van der Waals surface area contributed by atoms with E-state index in [1.807, 2.05) is 0 Å². The number of oxime groups is 1. The maximum Gasteiger partial charge on any atom is 1.00 e. The number of carbonyl (C=O) groups is 3. The first kappa shape index (κ1) is 32.6. The maximum absolute atomic E-state index is 12.9. The number of hydrogen-bond donors (Lipinski definition) is 2. The van der Waals surface area contributed by atoms with Gasteiger partial charge in [0.25, 0.3) is 17.4 Å². The largest absolute Gasteiger partial charge is 1.00 e. The van der Waals surface area contributed by atoms with Gasteiger partial charge in [0.1, 0.15) is 24.2 Å². The predicted molar refractivity (Wildman–Crippen MR) is 127 cm³/mol. The number of carbonyl (C=O) groups excluding carboxylic acids is 3. The number of carboxylic acids is 1. The minimum Gasteiger partial charge on any atom is -0.554 e. The molecule has 0 aromatic carbocycles. The number of nitrogens with one attached hydrogen (secondary N) is 1. The Morgan fingerprint density at radius 1 is 1.34 bits per heavy atom. The quantitative estimate of drug-likeness (QED) is 0.0722. The molecule has 4 rings (SSSR count). The zero-order valence-corrected chi connectivity index (χ0v) is 26.9. The van der Waals surface area contributed by atoms with Crippen molar-refractivity contribution in [2.45, 2.75) is 16.6 Å². The van der Waals surface area contributed by atoms with Gasteiger partial charge in [-0.25, -0.2) is 4.98 Å². The van der Waals surface area contributed by atoms with Crippen LogP contribution in [0.1, 0.15) is 5.69 Å². The van der Waals surface area contributed by atoms with Gasteiger partial charge in [-0.15, -0.1) is 23.1 Å². The van der Waals surface area contributed by atoms with Crippen molar-refractivity contribution in [1.82, 2.24) is 30.0 Å². The SMILES string of the molecule is CO/N=C(\C(=O)N[C@@H]1C(=O)N2C(C(=O)[O-])=C(CSc3nc(=O)c(=O)[n-]n3C)CS[C@H]12)c1csc(N)n1.[Na+].[Na+]. The third-order valence-electron chi connectivity index (χ3n) is 4.96. The molecule has 2 aliphatic rings. The summed E-state index contributed by atoms with van der Waals surface area (Å²) in [5, 5.41) is 22.8. The fraction of sp³-hybridized carbons (Fsp3) is 0.333. The van der Waals surface area contributed by atoms with Crippen LogP contribution in [0.4, 0.5) is 5.13 Å². The number of thioether (sulfide) groups is 2. The average Bonchev–Trinajstić information content (AvgIpc) is 3.27. The summed E-state index contributed by atoms with van der Waals surface area (Å²) in [4.78, 5) is 73.8. The molecule has 38 heavy (non-hydrogen) atoms. The van der Waals surface area contributed by atoms with Crippen molar-refractivity contribution in [1.29, 1.82) is 0 Å². The Balaban J connectivity index is 0.00000253. The summed E-state index contributed by atoms with van der Waals surface area (Å²) in [5.74, 6) is -2.73. The van der Waals surface area contributed by atoms with Crippen molar-refractivity contribution >= 4 is 63.5 Å². The summed E-state index contributed by atoms with van der Waals surface area (Å²) in [5.41, 5.74) is 3.56. The van der Waals surface area contributed by atoms with Crippen LogP contribution < -0.4 is 91.5 Å². The summed E-state index contributed by atoms with van der Waals surface area (Å²) in [6.07, 6.45) is 0. The van der Waals surface area contributed by atoms with E-state index in [4.69, 9.17) is 10.6 Å². The van der Waals surface area contributed by atoms with Gasteiger partial charge < -0.3 is 40.4 Å². The second kappa shape index (κ2) is 13.6. The van der Waals surface area contributed by atoms with Crippen LogP contribution in [0.15, 0.2) is 36.6 Å². The number of rotatable bonds is 8. The van der Waals surface area contributed by atoms with Crippen LogP contribution in [-0.2, 0) is 26.3 Å². The second-order valence-corrected chi connectivity index (χ2v) is 10.1. The number of hydrogen-bond acceptors (Lipinski definition) is 14. The predicted octanol–water partition coefficient (Wildman–Crippen LogP) is -9.31. The Morgan fingerprint density at radius 3 is 2.66 bits per heavy atom. The fourth-order valence-electron chi connectivity index (χ4n) is 3.39. The molecule has 2 amide bonds. The third-order valence-corrected chi connectivity index (χ3v) is 8.08. The Labute approximate surface area is 270 Å². The zero-order valence-electron chi connectivity index (χ0n) is 20.5. The van der Waals surface area contributed by atoms with E-state index in [0.29, 0.717) is 5.57 Å². The van der Waals surface area contributed by atoms with Crippen LogP contribution in [0, 0.1) is 0 Å². The van der Waals surface area contributed by atoms with Crippen LogP contribution in [0.2, 0.25) is 0 Å². The van der Waals surface area contributed by atoms with Crippen molar-refractivity contribution in [2.75, 3.05) is 24.3 Å². The van der Waals surface area contributed by atoms with Crippen molar-refractivity contribution in [2.24, 2.45) is 12.2 Å². The molecule has 4 heterocycles. The van der Waals surface area contributed by atoms with Gasteiger partial charge in [0.2, 0.25) is 0 Å². The van der Waals surface area contributed by atoms with E-state index >= 15 is 0 Å². The minimum absolute atomic E-state index is 0. The summed E-state index contributed by atoms with van der Waals surface area (Å²) in [6.45, 7) is 0. The van der Waals surface area contributed by atoms with E-state index in [1.54, 1.807) is 0 Å². The number of aliphatic carboxylic acids is 1. The van der Waals surface area contributed by atoms with E-state index in [1.165, 1.54) is 31.3 Å². The Morgan fingerprint density at radius 2 is 2.05 bits per heavy atom. The number of β-lactam (4-membered cyclic amide) rings is 1. The van der Waals surface area contributed by atoms with E-state index in [9.17, 15) is 29.1 Å². The molecule has 0 spiro atoms. The molecular formula is C18H16N8Na2O7S3. The minimum atomic E-state index is -1.57. The molecule has 1 fully saturated rings. The molecule has 0 radical (unpaired) electrons. The third kappa shape index (κ3) is 6.56. The molecule has 190 valence electrons. The summed E-state index contributed by atoms with van der Waals surface area (Å²) >= 11 is 3.31. The van der Waals surface area contributed by atoms with E-state index < -0.39 is 40.3 Å². The molecule has 2 aromatic heterocycles. The average molecular weight is 599 g/mol. The number of fused-ring (bicyclic) bond motifs is 1. The van der Waals surface area contributed by atoms with Gasteiger partial charge >= 0.3 is 59.1 Å². The van der Waals surface area contributed by atoms with Crippen LogP contribution in [0.5, 0.6) is 0 Å². The molecule has 15 nitrogen and oxygen atoms in total. The summed E-state index contributed by atoms with van der Waals surface area (Å²) < 4.78 is 1.11. The first-order valence-corrected chi connectivity index (χ1v) is 12.8. The van der Waals surface area contributed by atoms with E-state index in [-0.39, 0.29) is 98.0 Å². The van der Waals surface area contributed by atoms with Gasteiger partial charge in [0, 0.05) is 16.9 Å². The van der Waals surface area contributed by atoms with Crippen LogP contribution in [0.3, 0.4) is 0 Å². The summed E-state index contributed by atoms with van der Waals surface area (Å²) in [6, 6.07) is -1.03. The number of nitrogen functional groups attached to an aromatic ring is 1. The molecule has 2 aromatic rings. The number of amides is 2. The van der Waals surface area contributed by atoms with Gasteiger partial charge in [-0.1, -0.05) is 16.9 Å². The Hall–Kier alpha value is -1.64. The number of anilines is 1. The van der Waals surface area contributed by atoms with Gasteiger partial charge in [-0.05, 0) is 12.6 Å². The molecular weight excluding hydrogens is 582 g/mol. The van der Waals surface area contributed by atoms with Crippen molar-refractivity contribution in [3.63, 3.8) is 0 Å². The van der Waals surface area contributed by atoms with Gasteiger partial charge in [0.05, 0.1) is 11.7 Å². The van der Waals surface area contributed by atoms with Crippen LogP contribution in [0.25, 0.3) is 0 Å². The molecule has 1 saturated heterocycles. The zero-order chi connectivity index (χ0) is 26.1. The Kier molecular flexibility index (Phi) is 11.7. The van der Waals surface area contributed by atoms with Crippen molar-refractivity contribution in [3.8, 4) is 0 Å². The summed E-state index contributed by atoms with van der Waals surface area (Å²) in [7, 11) is 2.66. The Bertz CT molecular complexity index is 1440. The molecule has 0 bridgehead atoms. The van der Waals surface area contributed by atoms with E-state index in [0.717, 1.165) is 32.7 Å². The normalized spacial score (nSPS) is 18.5. The van der Waals surface area contributed by atoms with Crippen molar-refractivity contribution in [3.05, 3.63) is 43.1 Å². The van der Waals surface area contributed by atoms with Gasteiger partial charge in [-0.3, -0.25) is 19.3 Å². The molecule has 0 saturated carbocycles. The van der Waals surface area contributed by atoms with Crippen LogP contribution in [-0.4, -0.2) is 73.1 Å². The van der Waals surface area contributed by atoms with E-state index in [2.05, 4.69) is 25.5 Å². The number of thiazole rings is 1. The first-order valence-electron chi connectivity index (χ1n) is 9.89. The maximum atomic E-state index is 12.9. The molecule has 0 aliphatic carbocycles. The smallest absolute Gasteiger partial charge is 0.554 e. The molecule has 2 atom stereocenters. The number of aromatic nitrogens is 4. The topological polar surface area (TPSA) is 216 Å². The van der Waals surface area contributed by atoms with Crippen LogP contribution >= 0.6 is 34.9 Å². The fourth-order valence-corrected chi connectivity index (χ4v) is 6.33. The first-order chi connectivity index (χ1) is 17.1. The molecule has 0 unspecified atom stereocenters. The number of aryl methyl sites for hydroxylation is 1. The standard InChI is InChI=1S/C18H18N8O7S3.2Na/c1-25-18(22-12(28)13(29)23-25)36-4-6-3-34-15-9(14(30)26(15)10(6)16(31)32)21-11(27)8(24-33-2)7-5-35-17(19)20-7;;/h5,9,15H,3-4H2,1-2H3,(H5,19,20,21,23,27,29,31,32);;/q;2*+1/p-2/b24-8-;;/t9-,15-;;/m1../s1. The monoisotopic (exact) mass is 598 g/mol. The van der Waals surface area contributed by atoms with Gasteiger partial charge in [-0.2, -0.15) is 4.98 Å². The van der Waals surface area contributed by atoms with Crippen molar-refractivity contribution < 1.29 is 83.4 Å². The second-order valence-electron chi connectivity index (χ2n) is 7.21. The van der Waals surface area contributed by atoms with Gasteiger partial charge in [0.15, 0.2) is 21.6 Å². The molecule has 3 N–H and O–H groups in total. The molecule has 20 heteroatoms. The number of carboxylic acid groups (broad SMARTS) is 1. The number of nitrogens with zero attached hydrogens (tertiary/aromatic N) is 6. The number of nitrogens with two attached hydrogens (primary N) is 1.